The van der Waals surface area contributed by atoms with Crippen LogP contribution in [-0.4, -0.2) is 21.5 Å². The van der Waals surface area contributed by atoms with Crippen molar-refractivity contribution in [2.24, 2.45) is 5.73 Å². The third-order valence-electron chi connectivity index (χ3n) is 3.66. The summed E-state index contributed by atoms with van der Waals surface area (Å²) in [7, 11) is 0. The van der Waals surface area contributed by atoms with Gasteiger partial charge in [-0.05, 0) is 24.1 Å². The number of hydrogen-bond acceptors (Lipinski definition) is 4. The van der Waals surface area contributed by atoms with Crippen LogP contribution in [0.4, 0.5) is 0 Å². The van der Waals surface area contributed by atoms with Gasteiger partial charge in [0.05, 0.1) is 0 Å². The van der Waals surface area contributed by atoms with Crippen LogP contribution in [-0.2, 0) is 16.1 Å². The van der Waals surface area contributed by atoms with E-state index in [9.17, 15) is 14.7 Å². The van der Waals surface area contributed by atoms with E-state index < -0.39 is 6.04 Å². The lowest BCUT2D eigenvalue weighted by molar-refractivity contribution is -0.135. The van der Waals surface area contributed by atoms with Crippen molar-refractivity contribution in [1.82, 2.24) is 9.88 Å². The van der Waals surface area contributed by atoms with Crippen LogP contribution in [0.2, 0.25) is 0 Å². The second kappa shape index (κ2) is 4.64. The zero-order chi connectivity index (χ0) is 14.3. The van der Waals surface area contributed by atoms with Gasteiger partial charge in [-0.2, -0.15) is 0 Å². The Morgan fingerprint density at radius 3 is 2.90 bits per heavy atom. The van der Waals surface area contributed by atoms with Gasteiger partial charge in [-0.15, -0.1) is 0 Å². The van der Waals surface area contributed by atoms with Gasteiger partial charge < -0.3 is 15.4 Å². The number of hydrogen-bond donors (Lipinski definition) is 3. The summed E-state index contributed by atoms with van der Waals surface area (Å²) >= 11 is 0. The van der Waals surface area contributed by atoms with Crippen molar-refractivity contribution in [3.8, 4) is 5.88 Å². The topological polar surface area (TPSA) is 97.3 Å². The molecule has 104 valence electrons. The average Bonchev–Trinajstić information content (AvgIpc) is 2.75. The van der Waals surface area contributed by atoms with Gasteiger partial charge in [0, 0.05) is 29.9 Å². The number of nitrogens with one attached hydrogen (secondary N) is 1. The first-order valence-corrected chi connectivity index (χ1v) is 6.46. The Balaban J connectivity index is 2.05. The molecule has 6 heteroatoms. The van der Waals surface area contributed by atoms with E-state index >= 15 is 0 Å². The molecule has 1 aromatic heterocycles. The van der Waals surface area contributed by atoms with Gasteiger partial charge >= 0.3 is 0 Å². The maximum Gasteiger partial charge on any atom is 0.249 e. The van der Waals surface area contributed by atoms with Crippen LogP contribution in [0.3, 0.4) is 0 Å². The molecule has 1 saturated heterocycles. The third-order valence-corrected chi connectivity index (χ3v) is 3.66. The molecule has 1 atom stereocenters. The van der Waals surface area contributed by atoms with Crippen LogP contribution in [0.1, 0.15) is 24.4 Å². The number of nitrogens with two attached hydrogens (primary N) is 1. The number of carbonyl (C=O) groups is 2. The number of imide groups is 1. The summed E-state index contributed by atoms with van der Waals surface area (Å²) in [4.78, 5) is 23.0. The van der Waals surface area contributed by atoms with Gasteiger partial charge in [0.2, 0.25) is 11.8 Å². The molecule has 0 saturated carbocycles. The lowest BCUT2D eigenvalue weighted by Crippen LogP contribution is -2.41. The van der Waals surface area contributed by atoms with Crippen molar-refractivity contribution >= 4 is 22.6 Å². The smallest absolute Gasteiger partial charge is 0.249 e. The molecule has 0 bridgehead atoms. The first-order valence-electron chi connectivity index (χ1n) is 6.46. The normalized spacial score (nSPS) is 19.4. The second-order valence-electron chi connectivity index (χ2n) is 4.95. The van der Waals surface area contributed by atoms with Crippen LogP contribution in [0.25, 0.3) is 10.8 Å². The molecule has 2 aromatic rings. The fourth-order valence-electron chi connectivity index (χ4n) is 2.58. The molecule has 1 unspecified atom stereocenters. The number of piperidine rings is 1. The second-order valence-corrected chi connectivity index (χ2v) is 4.95. The molecule has 2 amide bonds. The lowest BCUT2D eigenvalue weighted by atomic mass is 10.1. The van der Waals surface area contributed by atoms with Crippen LogP contribution >= 0.6 is 0 Å². The molecule has 3 rings (SSSR count). The molecule has 6 nitrogen and oxygen atoms in total. The number of rotatable bonds is 2. The maximum atomic E-state index is 11.9. The Morgan fingerprint density at radius 1 is 1.40 bits per heavy atom. The van der Waals surface area contributed by atoms with Gasteiger partial charge in [-0.3, -0.25) is 14.9 Å². The van der Waals surface area contributed by atoms with Crippen LogP contribution in [0, 0.1) is 0 Å². The van der Waals surface area contributed by atoms with Gasteiger partial charge in [0.1, 0.15) is 6.04 Å². The van der Waals surface area contributed by atoms with E-state index in [1.54, 1.807) is 12.3 Å². The highest BCUT2D eigenvalue weighted by atomic mass is 16.3. The number of fused-ring (bicyclic) bond motifs is 1. The summed E-state index contributed by atoms with van der Waals surface area (Å²) in [5.41, 5.74) is 6.55. The molecule has 1 aromatic carbocycles. The fourth-order valence-corrected chi connectivity index (χ4v) is 2.58. The minimum atomic E-state index is -0.554. The fraction of sp³-hybridized carbons (Fsp3) is 0.286. The maximum absolute atomic E-state index is 11.9. The minimum absolute atomic E-state index is 0.0399. The van der Waals surface area contributed by atoms with Gasteiger partial charge in [0.15, 0.2) is 5.88 Å². The molecule has 2 heterocycles. The minimum Gasteiger partial charge on any atom is -0.494 e. The Kier molecular flexibility index (Phi) is 2.94. The summed E-state index contributed by atoms with van der Waals surface area (Å²) in [6, 6.07) is 4.96. The summed E-state index contributed by atoms with van der Waals surface area (Å²) in [6.07, 6.45) is 2.39. The number of aromatic hydroxyl groups is 1. The van der Waals surface area contributed by atoms with Crippen LogP contribution in [0.15, 0.2) is 24.4 Å². The average molecular weight is 273 g/mol. The number of nitrogens with zero attached hydrogens (tertiary/aromatic N) is 1. The molecule has 1 fully saturated rings. The van der Waals surface area contributed by atoms with Gasteiger partial charge in [-0.1, -0.05) is 6.07 Å². The summed E-state index contributed by atoms with van der Waals surface area (Å²) in [6.45, 7) is 0.417. The number of aromatic nitrogens is 1. The predicted octanol–water partition coefficient (Wildman–Crippen LogP) is 0.783. The van der Waals surface area contributed by atoms with Gasteiger partial charge in [0.25, 0.3) is 0 Å². The monoisotopic (exact) mass is 273 g/mol. The molecule has 0 spiro atoms. The number of amides is 2. The van der Waals surface area contributed by atoms with Crippen molar-refractivity contribution in [2.75, 3.05) is 0 Å². The van der Waals surface area contributed by atoms with E-state index in [2.05, 4.69) is 5.32 Å². The van der Waals surface area contributed by atoms with E-state index in [1.807, 2.05) is 12.1 Å². The molecule has 1 aliphatic heterocycles. The standard InChI is InChI=1S/C14H15N3O3/c15-6-8-1-2-10-9(5-8)7-17(14(10)20)11-3-4-12(18)16-13(11)19/h1-2,5,7,11,20H,3-4,6,15H2,(H,16,18,19). The Morgan fingerprint density at radius 2 is 2.20 bits per heavy atom. The lowest BCUT2D eigenvalue weighted by Gasteiger charge is -2.22. The van der Waals surface area contributed by atoms with Crippen molar-refractivity contribution in [3.05, 3.63) is 30.0 Å². The zero-order valence-electron chi connectivity index (χ0n) is 10.8. The highest BCUT2D eigenvalue weighted by molar-refractivity contribution is 6.00. The quantitative estimate of drug-likeness (QED) is 0.704. The first kappa shape index (κ1) is 12.7. The summed E-state index contributed by atoms with van der Waals surface area (Å²) < 4.78 is 1.52. The van der Waals surface area contributed by atoms with E-state index in [0.29, 0.717) is 18.4 Å². The highest BCUT2D eigenvalue weighted by Gasteiger charge is 2.29. The molecule has 1 aliphatic rings. The molecular weight excluding hydrogens is 258 g/mol. The van der Waals surface area contributed by atoms with Gasteiger partial charge in [-0.25, -0.2) is 0 Å². The van der Waals surface area contributed by atoms with Crippen molar-refractivity contribution < 1.29 is 14.7 Å². The first-order chi connectivity index (χ1) is 9.60. The molecule has 4 N–H and O–H groups in total. The molecule has 0 aliphatic carbocycles. The SMILES string of the molecule is NCc1ccc2c(O)n(C3CCC(=O)NC3=O)cc2c1. The zero-order valence-corrected chi connectivity index (χ0v) is 10.8. The third kappa shape index (κ3) is 1.94. The molecule has 0 radical (unpaired) electrons. The highest BCUT2D eigenvalue weighted by Crippen LogP contribution is 2.33. The van der Waals surface area contributed by atoms with Crippen molar-refractivity contribution in [2.45, 2.75) is 25.4 Å². The molecule has 20 heavy (non-hydrogen) atoms. The van der Waals surface area contributed by atoms with E-state index in [0.717, 1.165) is 10.9 Å². The number of carbonyl (C=O) groups excluding carboxylic acids is 2. The Hall–Kier alpha value is -2.34. The van der Waals surface area contributed by atoms with Crippen LogP contribution in [0.5, 0.6) is 5.88 Å². The van der Waals surface area contributed by atoms with Crippen molar-refractivity contribution in [1.29, 1.82) is 0 Å². The van der Waals surface area contributed by atoms with E-state index in [1.165, 1.54) is 4.57 Å². The van der Waals surface area contributed by atoms with E-state index in [4.69, 9.17) is 5.73 Å². The van der Waals surface area contributed by atoms with Crippen molar-refractivity contribution in [3.63, 3.8) is 0 Å². The Bertz CT molecular complexity index is 705. The Labute approximate surface area is 115 Å². The van der Waals surface area contributed by atoms with E-state index in [-0.39, 0.29) is 24.1 Å². The molecular formula is C14H15N3O3. The summed E-state index contributed by atoms with van der Waals surface area (Å²) in [5, 5.41) is 14.0. The largest absolute Gasteiger partial charge is 0.494 e. The number of benzene rings is 1. The predicted molar refractivity (Wildman–Crippen MR) is 72.9 cm³/mol. The van der Waals surface area contributed by atoms with Crippen LogP contribution < -0.4 is 11.1 Å². The summed E-state index contributed by atoms with van der Waals surface area (Å²) in [5.74, 6) is -0.609.